The Morgan fingerprint density at radius 1 is 1.07 bits per heavy atom. The van der Waals surface area contributed by atoms with Gasteiger partial charge in [-0.2, -0.15) is 41.3 Å². The highest BCUT2D eigenvalue weighted by Gasteiger charge is 2.31. The van der Waals surface area contributed by atoms with E-state index in [-0.39, 0.29) is 18.2 Å². The number of ether oxygens (including phenoxy) is 2. The van der Waals surface area contributed by atoms with Gasteiger partial charge in [0.2, 0.25) is 11.9 Å². The van der Waals surface area contributed by atoms with Crippen molar-refractivity contribution in [2.24, 2.45) is 0 Å². The van der Waals surface area contributed by atoms with Crippen LogP contribution in [0.25, 0.3) is 0 Å². The molecular weight excluding hydrogens is 424 g/mol. The van der Waals surface area contributed by atoms with Gasteiger partial charge < -0.3 is 20.1 Å². The van der Waals surface area contributed by atoms with E-state index in [9.17, 15) is 31.1 Å². The number of esters is 1. The van der Waals surface area contributed by atoms with Crippen LogP contribution in [0.5, 0.6) is 6.01 Å². The minimum atomic E-state index is -4.68. The topological polar surface area (TPSA) is 98.3 Å². The zero-order chi connectivity index (χ0) is 22.4. The van der Waals surface area contributed by atoms with Crippen LogP contribution in [0.2, 0.25) is 0 Å². The fourth-order valence-electron chi connectivity index (χ4n) is 1.97. The van der Waals surface area contributed by atoms with Gasteiger partial charge in [0.05, 0.1) is 12.2 Å². The Morgan fingerprint density at radius 3 is 2.40 bits per heavy atom. The van der Waals surface area contributed by atoms with Gasteiger partial charge in [-0.1, -0.05) is 6.07 Å². The summed E-state index contributed by atoms with van der Waals surface area (Å²) in [4.78, 5) is 22.4. The molecule has 0 atom stereocenters. The molecule has 0 saturated heterocycles. The molecule has 0 aliphatic heterocycles. The number of nitrogens with zero attached hydrogens (tertiary/aromatic N) is 3. The summed E-state index contributed by atoms with van der Waals surface area (Å²) in [6.45, 7) is -0.460. The highest BCUT2D eigenvalue weighted by atomic mass is 19.4. The van der Waals surface area contributed by atoms with Crippen LogP contribution >= 0.6 is 0 Å². The van der Waals surface area contributed by atoms with Gasteiger partial charge in [0.1, 0.15) is 6.54 Å². The van der Waals surface area contributed by atoms with E-state index >= 15 is 0 Å². The smallest absolute Gasteiger partial charge is 0.422 e. The van der Waals surface area contributed by atoms with E-state index in [0.717, 1.165) is 18.2 Å². The number of benzene rings is 1. The Labute approximate surface area is 165 Å². The highest BCUT2D eigenvalue weighted by molar-refractivity contribution is 5.74. The largest absolute Gasteiger partial charge is 0.465 e. The summed E-state index contributed by atoms with van der Waals surface area (Å²) in [6.07, 6.45) is -9.29. The number of rotatable bonds is 8. The number of carbonyl (C=O) groups excluding carboxylic acids is 1. The van der Waals surface area contributed by atoms with Crippen LogP contribution in [0.3, 0.4) is 0 Å². The summed E-state index contributed by atoms with van der Waals surface area (Å²) in [5.74, 6) is -1.46. The molecule has 0 aliphatic rings. The number of hydrogen-bond donors (Lipinski definition) is 2. The molecule has 0 bridgehead atoms. The predicted octanol–water partition coefficient (Wildman–Crippen LogP) is 3.55. The third-order valence-electron chi connectivity index (χ3n) is 3.12. The van der Waals surface area contributed by atoms with Gasteiger partial charge in [-0.25, -0.2) is 0 Å². The van der Waals surface area contributed by atoms with Crippen LogP contribution in [0.1, 0.15) is 12.5 Å². The highest BCUT2D eigenvalue weighted by Crippen LogP contribution is 2.31. The molecule has 0 saturated carbocycles. The van der Waals surface area contributed by atoms with Gasteiger partial charge in [0.25, 0.3) is 0 Å². The second-order valence-electron chi connectivity index (χ2n) is 5.53. The van der Waals surface area contributed by atoms with Crippen molar-refractivity contribution >= 4 is 23.6 Å². The van der Waals surface area contributed by atoms with E-state index < -0.39 is 49.0 Å². The average molecular weight is 439 g/mol. The summed E-state index contributed by atoms with van der Waals surface area (Å²) in [7, 11) is 0. The van der Waals surface area contributed by atoms with E-state index in [1.165, 1.54) is 6.07 Å². The summed E-state index contributed by atoms with van der Waals surface area (Å²) in [6, 6.07) is 3.21. The molecule has 0 radical (unpaired) electrons. The van der Waals surface area contributed by atoms with E-state index in [1.54, 1.807) is 6.92 Å². The first-order chi connectivity index (χ1) is 14.0. The van der Waals surface area contributed by atoms with Crippen molar-refractivity contribution in [2.45, 2.75) is 19.3 Å². The lowest BCUT2D eigenvalue weighted by Crippen LogP contribution is -2.22. The summed E-state index contributed by atoms with van der Waals surface area (Å²) >= 11 is 0. The SMILES string of the molecule is CCOC(=O)CNc1nc(Nc2cccc(C(F)(F)F)c2)nc(OCC(F)(F)F)n1. The van der Waals surface area contributed by atoms with Crippen LogP contribution in [-0.2, 0) is 15.7 Å². The Hall–Kier alpha value is -3.32. The minimum absolute atomic E-state index is 0.0888. The molecule has 2 aromatic rings. The molecular formula is C16H15F6N5O3. The number of alkyl halides is 6. The van der Waals surface area contributed by atoms with Crippen LogP contribution < -0.4 is 15.4 Å². The minimum Gasteiger partial charge on any atom is -0.465 e. The van der Waals surface area contributed by atoms with Crippen molar-refractivity contribution in [3.05, 3.63) is 29.8 Å². The zero-order valence-corrected chi connectivity index (χ0v) is 15.3. The molecule has 14 heteroatoms. The molecule has 8 nitrogen and oxygen atoms in total. The Balaban J connectivity index is 2.25. The van der Waals surface area contributed by atoms with Crippen LogP contribution in [0.4, 0.5) is 43.9 Å². The van der Waals surface area contributed by atoms with E-state index in [4.69, 9.17) is 0 Å². The standard InChI is InChI=1S/C16H15F6N5O3/c1-2-29-11(28)7-23-12-25-13(27-14(26-12)30-8-15(17,18)19)24-10-5-3-4-9(6-10)16(20,21)22/h3-6H,2,7-8H2,1H3,(H2,23,24,25,26,27). The number of anilines is 3. The van der Waals surface area contributed by atoms with Gasteiger partial charge in [-0.3, -0.25) is 4.79 Å². The number of halogens is 6. The van der Waals surface area contributed by atoms with Crippen molar-refractivity contribution in [3.63, 3.8) is 0 Å². The number of aromatic nitrogens is 3. The van der Waals surface area contributed by atoms with Gasteiger partial charge in [0.15, 0.2) is 6.61 Å². The first-order valence-electron chi connectivity index (χ1n) is 8.25. The Morgan fingerprint density at radius 2 is 1.77 bits per heavy atom. The number of carbonyl (C=O) groups is 1. The maximum absolute atomic E-state index is 12.8. The van der Waals surface area contributed by atoms with Crippen molar-refractivity contribution in [1.29, 1.82) is 0 Å². The molecule has 1 aromatic heterocycles. The van der Waals surface area contributed by atoms with E-state index in [1.807, 2.05) is 0 Å². The van der Waals surface area contributed by atoms with Crippen molar-refractivity contribution in [3.8, 4) is 6.01 Å². The molecule has 1 aromatic carbocycles. The number of nitrogens with one attached hydrogen (secondary N) is 2. The van der Waals surface area contributed by atoms with Crippen LogP contribution in [0, 0.1) is 0 Å². The maximum Gasteiger partial charge on any atom is 0.422 e. The van der Waals surface area contributed by atoms with E-state index in [2.05, 4.69) is 35.1 Å². The molecule has 2 N–H and O–H groups in total. The second-order valence-corrected chi connectivity index (χ2v) is 5.53. The zero-order valence-electron chi connectivity index (χ0n) is 15.3. The molecule has 0 aliphatic carbocycles. The third-order valence-corrected chi connectivity index (χ3v) is 3.12. The van der Waals surface area contributed by atoms with Crippen molar-refractivity contribution in [1.82, 2.24) is 15.0 Å². The third kappa shape index (κ3) is 7.60. The van der Waals surface area contributed by atoms with Crippen LogP contribution in [-0.4, -0.2) is 46.9 Å². The van der Waals surface area contributed by atoms with Gasteiger partial charge in [-0.15, -0.1) is 0 Å². The average Bonchev–Trinajstić information content (AvgIpc) is 2.64. The monoisotopic (exact) mass is 439 g/mol. The summed E-state index contributed by atoms with van der Waals surface area (Å²) < 4.78 is 84.8. The first kappa shape index (κ1) is 23.0. The molecule has 164 valence electrons. The van der Waals surface area contributed by atoms with Gasteiger partial charge in [-0.05, 0) is 25.1 Å². The predicted molar refractivity (Wildman–Crippen MR) is 91.2 cm³/mol. The maximum atomic E-state index is 12.8. The van der Waals surface area contributed by atoms with Gasteiger partial charge in [0, 0.05) is 5.69 Å². The quantitative estimate of drug-likeness (QED) is 0.476. The Bertz CT molecular complexity index is 875. The lowest BCUT2D eigenvalue weighted by molar-refractivity contribution is -0.154. The molecule has 0 spiro atoms. The lowest BCUT2D eigenvalue weighted by Gasteiger charge is -2.12. The molecule has 30 heavy (non-hydrogen) atoms. The fourth-order valence-corrected chi connectivity index (χ4v) is 1.97. The van der Waals surface area contributed by atoms with Crippen LogP contribution in [0.15, 0.2) is 24.3 Å². The van der Waals surface area contributed by atoms with Gasteiger partial charge >= 0.3 is 24.3 Å². The van der Waals surface area contributed by atoms with Crippen molar-refractivity contribution in [2.75, 3.05) is 30.4 Å². The molecule has 0 fully saturated rings. The lowest BCUT2D eigenvalue weighted by atomic mass is 10.2. The summed E-state index contributed by atoms with van der Waals surface area (Å²) in [5, 5.41) is 4.84. The number of hydrogen-bond acceptors (Lipinski definition) is 8. The molecule has 2 rings (SSSR count). The van der Waals surface area contributed by atoms with E-state index in [0.29, 0.717) is 0 Å². The van der Waals surface area contributed by atoms with Crippen molar-refractivity contribution < 1.29 is 40.6 Å². The molecule has 1 heterocycles. The second kappa shape index (κ2) is 9.45. The molecule has 0 amide bonds. The first-order valence-corrected chi connectivity index (χ1v) is 8.25. The summed E-state index contributed by atoms with van der Waals surface area (Å²) in [5.41, 5.74) is -1.05. The fraction of sp³-hybridized carbons (Fsp3) is 0.375. The Kier molecular flexibility index (Phi) is 7.24. The normalized spacial score (nSPS) is 11.7. The molecule has 0 unspecified atom stereocenters.